The van der Waals surface area contributed by atoms with Crippen LogP contribution >= 0.6 is 11.3 Å². The zero-order valence-corrected chi connectivity index (χ0v) is 14.5. The molecule has 1 N–H and O–H groups in total. The normalized spacial score (nSPS) is 12.4. The first-order valence-corrected chi connectivity index (χ1v) is 8.82. The van der Waals surface area contributed by atoms with Crippen LogP contribution in [-0.4, -0.2) is 23.7 Å². The molecule has 0 aliphatic heterocycles. The topological polar surface area (TPSA) is 60.2 Å². The van der Waals surface area contributed by atoms with Crippen molar-refractivity contribution in [2.24, 2.45) is 0 Å². The predicted molar refractivity (Wildman–Crippen MR) is 99.8 cm³/mol. The van der Waals surface area contributed by atoms with Gasteiger partial charge in [-0.05, 0) is 35.7 Å². The van der Waals surface area contributed by atoms with Gasteiger partial charge in [-0.3, -0.25) is 0 Å². The van der Waals surface area contributed by atoms with E-state index in [1.54, 1.807) is 24.7 Å². The molecule has 0 amide bonds. The quantitative estimate of drug-likeness (QED) is 0.543. The highest BCUT2D eigenvalue weighted by Gasteiger charge is 2.18. The molecule has 6 heteroatoms. The van der Waals surface area contributed by atoms with Crippen LogP contribution in [0, 0.1) is 0 Å². The van der Waals surface area contributed by atoms with Gasteiger partial charge < -0.3 is 14.5 Å². The van der Waals surface area contributed by atoms with Crippen LogP contribution in [0.3, 0.4) is 0 Å². The first kappa shape index (κ1) is 15.8. The Morgan fingerprint density at radius 2 is 2.04 bits per heavy atom. The van der Waals surface area contributed by atoms with Gasteiger partial charge in [0.05, 0.1) is 23.3 Å². The fourth-order valence-corrected chi connectivity index (χ4v) is 3.38. The Kier molecular flexibility index (Phi) is 4.45. The van der Waals surface area contributed by atoms with Crippen molar-refractivity contribution < 1.29 is 9.15 Å². The lowest BCUT2D eigenvalue weighted by molar-refractivity contribution is 0.178. The van der Waals surface area contributed by atoms with Crippen molar-refractivity contribution in [1.29, 1.82) is 0 Å². The lowest BCUT2D eigenvalue weighted by atomic mass is 10.2. The second-order valence-electron chi connectivity index (χ2n) is 5.56. The van der Waals surface area contributed by atoms with Crippen molar-refractivity contribution in [2.45, 2.75) is 6.04 Å². The van der Waals surface area contributed by atoms with Crippen LogP contribution < -0.4 is 5.32 Å². The maximum absolute atomic E-state index is 5.55. The molecule has 1 unspecified atom stereocenters. The number of anilines is 1. The van der Waals surface area contributed by atoms with Crippen molar-refractivity contribution >= 4 is 28.1 Å². The van der Waals surface area contributed by atoms with E-state index in [4.69, 9.17) is 19.1 Å². The van der Waals surface area contributed by atoms with Crippen LogP contribution in [0.25, 0.3) is 21.6 Å². The number of thiophene rings is 1. The molecule has 3 heterocycles. The molecule has 0 bridgehead atoms. The standard InChI is InChI=1S/C19H17N3O2S/c1-23-12-15(16-8-4-10-24-16)21-18-13-6-2-3-7-14(13)20-19(22-18)17-9-5-11-25-17/h2-11,15H,12H2,1H3,(H,20,21,22). The van der Waals surface area contributed by atoms with Crippen molar-refractivity contribution in [2.75, 3.05) is 19.0 Å². The number of benzene rings is 1. The summed E-state index contributed by atoms with van der Waals surface area (Å²) in [7, 11) is 1.67. The van der Waals surface area contributed by atoms with Gasteiger partial charge in [0.15, 0.2) is 5.82 Å². The van der Waals surface area contributed by atoms with Crippen molar-refractivity contribution in [1.82, 2.24) is 9.97 Å². The number of para-hydroxylation sites is 1. The average Bonchev–Trinajstić information content (AvgIpc) is 3.35. The Morgan fingerprint density at radius 3 is 2.80 bits per heavy atom. The molecule has 1 aromatic carbocycles. The monoisotopic (exact) mass is 351 g/mol. The van der Waals surface area contributed by atoms with Crippen LogP contribution in [0.2, 0.25) is 0 Å². The summed E-state index contributed by atoms with van der Waals surface area (Å²) in [4.78, 5) is 10.5. The molecule has 0 radical (unpaired) electrons. The minimum atomic E-state index is -0.130. The molecule has 0 fully saturated rings. The molecule has 4 rings (SSSR count). The summed E-state index contributed by atoms with van der Waals surface area (Å²) in [5.74, 6) is 2.29. The first-order valence-electron chi connectivity index (χ1n) is 7.94. The average molecular weight is 351 g/mol. The van der Waals surface area contributed by atoms with Crippen molar-refractivity contribution in [3.8, 4) is 10.7 Å². The summed E-state index contributed by atoms with van der Waals surface area (Å²) in [5, 5.41) is 6.46. The minimum Gasteiger partial charge on any atom is -0.467 e. The summed E-state index contributed by atoms with van der Waals surface area (Å²) >= 11 is 1.62. The van der Waals surface area contributed by atoms with E-state index < -0.39 is 0 Å². The van der Waals surface area contributed by atoms with E-state index in [1.165, 1.54) is 0 Å². The molecule has 0 saturated carbocycles. The lowest BCUT2D eigenvalue weighted by Gasteiger charge is -2.18. The summed E-state index contributed by atoms with van der Waals surface area (Å²) in [6.07, 6.45) is 1.66. The minimum absolute atomic E-state index is 0.130. The second kappa shape index (κ2) is 7.04. The van der Waals surface area contributed by atoms with E-state index in [-0.39, 0.29) is 6.04 Å². The largest absolute Gasteiger partial charge is 0.467 e. The number of hydrogen-bond donors (Lipinski definition) is 1. The third kappa shape index (κ3) is 3.26. The molecule has 1 atom stereocenters. The van der Waals surface area contributed by atoms with Gasteiger partial charge in [0.25, 0.3) is 0 Å². The third-order valence-electron chi connectivity index (χ3n) is 3.88. The van der Waals surface area contributed by atoms with Crippen LogP contribution in [0.4, 0.5) is 5.82 Å². The van der Waals surface area contributed by atoms with Gasteiger partial charge in [-0.2, -0.15) is 0 Å². The Morgan fingerprint density at radius 1 is 1.12 bits per heavy atom. The molecule has 0 aliphatic carbocycles. The molecule has 0 aliphatic rings. The van der Waals surface area contributed by atoms with Crippen molar-refractivity contribution in [3.63, 3.8) is 0 Å². The summed E-state index contributed by atoms with van der Waals surface area (Å²) in [6, 6.07) is 15.7. The van der Waals surface area contributed by atoms with Gasteiger partial charge in [0.1, 0.15) is 17.6 Å². The number of hydrogen-bond acceptors (Lipinski definition) is 6. The number of fused-ring (bicyclic) bond motifs is 1. The van der Waals surface area contributed by atoms with Gasteiger partial charge in [-0.25, -0.2) is 9.97 Å². The smallest absolute Gasteiger partial charge is 0.172 e. The molecule has 126 valence electrons. The van der Waals surface area contributed by atoms with Crippen LogP contribution in [0.5, 0.6) is 0 Å². The fourth-order valence-electron chi connectivity index (χ4n) is 2.72. The first-order chi connectivity index (χ1) is 12.3. The lowest BCUT2D eigenvalue weighted by Crippen LogP contribution is -2.17. The highest BCUT2D eigenvalue weighted by atomic mass is 32.1. The van der Waals surface area contributed by atoms with E-state index >= 15 is 0 Å². The molecule has 0 spiro atoms. The van der Waals surface area contributed by atoms with Crippen LogP contribution in [0.15, 0.2) is 64.6 Å². The maximum atomic E-state index is 5.55. The number of nitrogens with zero attached hydrogens (tertiary/aromatic N) is 2. The van der Waals surface area contributed by atoms with Gasteiger partial charge in [0, 0.05) is 12.5 Å². The number of ether oxygens (including phenoxy) is 1. The maximum Gasteiger partial charge on any atom is 0.172 e. The van der Waals surface area contributed by atoms with Crippen molar-refractivity contribution in [3.05, 3.63) is 65.9 Å². The SMILES string of the molecule is COCC(Nc1nc(-c2cccs2)nc2ccccc12)c1ccco1. The highest BCUT2D eigenvalue weighted by molar-refractivity contribution is 7.13. The molecule has 0 saturated heterocycles. The summed E-state index contributed by atoms with van der Waals surface area (Å²) < 4.78 is 10.9. The van der Waals surface area contributed by atoms with Gasteiger partial charge in [0.2, 0.25) is 0 Å². The van der Waals surface area contributed by atoms with E-state index in [9.17, 15) is 0 Å². The molecular formula is C19H17N3O2S. The van der Waals surface area contributed by atoms with E-state index in [2.05, 4.69) is 5.32 Å². The number of nitrogens with one attached hydrogen (secondary N) is 1. The van der Waals surface area contributed by atoms with Crippen LogP contribution in [0.1, 0.15) is 11.8 Å². The van der Waals surface area contributed by atoms with E-state index in [0.717, 1.165) is 27.4 Å². The molecular weight excluding hydrogens is 334 g/mol. The highest BCUT2D eigenvalue weighted by Crippen LogP contribution is 2.29. The Balaban J connectivity index is 1.79. The number of aromatic nitrogens is 2. The predicted octanol–water partition coefficient (Wildman–Crippen LogP) is 4.75. The molecule has 3 aromatic heterocycles. The Hall–Kier alpha value is -2.70. The number of rotatable bonds is 6. The second-order valence-corrected chi connectivity index (χ2v) is 6.51. The Bertz CT molecular complexity index is 952. The summed E-state index contributed by atoms with van der Waals surface area (Å²) in [5.41, 5.74) is 0.902. The zero-order chi connectivity index (χ0) is 17.1. The molecule has 25 heavy (non-hydrogen) atoms. The van der Waals surface area contributed by atoms with E-state index in [1.807, 2.05) is 53.9 Å². The Labute approximate surface area is 149 Å². The van der Waals surface area contributed by atoms with E-state index in [0.29, 0.717) is 12.4 Å². The van der Waals surface area contributed by atoms with Gasteiger partial charge in [-0.15, -0.1) is 11.3 Å². The molecule has 4 aromatic rings. The van der Waals surface area contributed by atoms with Crippen LogP contribution in [-0.2, 0) is 4.74 Å². The zero-order valence-electron chi connectivity index (χ0n) is 13.7. The fraction of sp³-hybridized carbons (Fsp3) is 0.158. The van der Waals surface area contributed by atoms with Gasteiger partial charge >= 0.3 is 0 Å². The number of methoxy groups -OCH3 is 1. The third-order valence-corrected chi connectivity index (χ3v) is 4.74. The van der Waals surface area contributed by atoms with Gasteiger partial charge in [-0.1, -0.05) is 18.2 Å². The summed E-state index contributed by atoms with van der Waals surface area (Å²) in [6.45, 7) is 0.472. The number of furan rings is 1. The molecule has 5 nitrogen and oxygen atoms in total.